The van der Waals surface area contributed by atoms with Crippen molar-refractivity contribution in [2.45, 2.75) is 52.0 Å². The van der Waals surface area contributed by atoms with Crippen LogP contribution in [0.15, 0.2) is 0 Å². The number of piperidine rings is 1. The maximum absolute atomic E-state index is 11.4. The van der Waals surface area contributed by atoms with Crippen LogP contribution < -0.4 is 4.90 Å². The normalized spacial score (nSPS) is 23.6. The fraction of sp³-hybridized carbons (Fsp3) is 0.769. The SMILES string of the molecule is CCCc1nsc(N2CCC(CC)CC2C(=O)O)n1. The number of hydrogen-bond acceptors (Lipinski definition) is 5. The van der Waals surface area contributed by atoms with Crippen LogP contribution in [0.25, 0.3) is 0 Å². The maximum Gasteiger partial charge on any atom is 0.326 e. The molecule has 1 aromatic heterocycles. The lowest BCUT2D eigenvalue weighted by atomic mass is 9.89. The molecule has 2 unspecified atom stereocenters. The van der Waals surface area contributed by atoms with Gasteiger partial charge in [-0.25, -0.2) is 9.78 Å². The molecule has 0 radical (unpaired) electrons. The first-order chi connectivity index (χ1) is 9.15. The number of carboxylic acids is 1. The third-order valence-electron chi connectivity index (χ3n) is 3.75. The first-order valence-electron chi connectivity index (χ1n) is 6.97. The Morgan fingerprint density at radius 2 is 2.32 bits per heavy atom. The van der Waals surface area contributed by atoms with Crippen LogP contribution in [-0.4, -0.2) is 33.0 Å². The molecule has 106 valence electrons. The molecule has 0 aromatic carbocycles. The summed E-state index contributed by atoms with van der Waals surface area (Å²) in [7, 11) is 0. The molecule has 2 rings (SSSR count). The Bertz CT molecular complexity index is 435. The highest BCUT2D eigenvalue weighted by atomic mass is 32.1. The Balaban J connectivity index is 2.14. The summed E-state index contributed by atoms with van der Waals surface area (Å²) in [5, 5.41) is 10.2. The number of aryl methyl sites for hydroxylation is 1. The molecule has 19 heavy (non-hydrogen) atoms. The van der Waals surface area contributed by atoms with Crippen molar-refractivity contribution in [2.75, 3.05) is 11.4 Å². The Morgan fingerprint density at radius 1 is 1.53 bits per heavy atom. The summed E-state index contributed by atoms with van der Waals surface area (Å²) in [6.45, 7) is 4.99. The minimum atomic E-state index is -0.745. The molecular formula is C13H21N3O2S. The van der Waals surface area contributed by atoms with Gasteiger partial charge >= 0.3 is 5.97 Å². The highest BCUT2D eigenvalue weighted by molar-refractivity contribution is 7.09. The average molecular weight is 283 g/mol. The number of rotatable bonds is 5. The summed E-state index contributed by atoms with van der Waals surface area (Å²) in [6.07, 6.45) is 4.68. The Kier molecular flexibility index (Phi) is 4.74. The largest absolute Gasteiger partial charge is 0.480 e. The van der Waals surface area contributed by atoms with Gasteiger partial charge in [0.1, 0.15) is 11.9 Å². The quantitative estimate of drug-likeness (QED) is 0.899. The average Bonchev–Trinajstić information content (AvgIpc) is 2.87. The van der Waals surface area contributed by atoms with E-state index in [1.54, 1.807) is 0 Å². The van der Waals surface area contributed by atoms with Crippen molar-refractivity contribution in [1.82, 2.24) is 9.36 Å². The molecule has 0 spiro atoms. The topological polar surface area (TPSA) is 66.3 Å². The molecule has 2 heterocycles. The lowest BCUT2D eigenvalue weighted by Gasteiger charge is -2.36. The van der Waals surface area contributed by atoms with E-state index < -0.39 is 12.0 Å². The van der Waals surface area contributed by atoms with E-state index in [1.807, 2.05) is 4.90 Å². The van der Waals surface area contributed by atoms with E-state index in [9.17, 15) is 9.90 Å². The number of nitrogens with zero attached hydrogens (tertiary/aromatic N) is 3. The van der Waals surface area contributed by atoms with Crippen molar-refractivity contribution in [1.29, 1.82) is 0 Å². The molecular weight excluding hydrogens is 262 g/mol. The Labute approximate surface area is 117 Å². The van der Waals surface area contributed by atoms with Gasteiger partial charge in [0.05, 0.1) is 0 Å². The van der Waals surface area contributed by atoms with Crippen LogP contribution in [0.5, 0.6) is 0 Å². The molecule has 2 atom stereocenters. The second kappa shape index (κ2) is 6.32. The molecule has 0 amide bonds. The van der Waals surface area contributed by atoms with Crippen molar-refractivity contribution in [3.63, 3.8) is 0 Å². The van der Waals surface area contributed by atoms with E-state index in [-0.39, 0.29) is 0 Å². The number of carboxylic acid groups (broad SMARTS) is 1. The van der Waals surface area contributed by atoms with Gasteiger partial charge in [0.2, 0.25) is 5.13 Å². The summed E-state index contributed by atoms with van der Waals surface area (Å²) in [5.41, 5.74) is 0. The highest BCUT2D eigenvalue weighted by Gasteiger charge is 2.34. The van der Waals surface area contributed by atoms with E-state index in [0.29, 0.717) is 12.3 Å². The Hall–Kier alpha value is -1.17. The van der Waals surface area contributed by atoms with E-state index >= 15 is 0 Å². The fourth-order valence-electron chi connectivity index (χ4n) is 2.56. The fourth-order valence-corrected chi connectivity index (χ4v) is 3.35. The molecule has 0 saturated carbocycles. The van der Waals surface area contributed by atoms with E-state index in [1.165, 1.54) is 11.5 Å². The van der Waals surface area contributed by atoms with Crippen LogP contribution in [0.3, 0.4) is 0 Å². The van der Waals surface area contributed by atoms with Crippen molar-refractivity contribution < 1.29 is 9.90 Å². The third-order valence-corrected chi connectivity index (χ3v) is 4.54. The van der Waals surface area contributed by atoms with Gasteiger partial charge in [-0.2, -0.15) is 4.37 Å². The standard InChI is InChI=1S/C13H21N3O2S/c1-3-5-11-14-13(19-15-11)16-7-6-9(4-2)8-10(16)12(17)18/h9-10H,3-8H2,1-2H3,(H,17,18). The molecule has 1 aromatic rings. The van der Waals surface area contributed by atoms with Gasteiger partial charge in [-0.3, -0.25) is 0 Å². The van der Waals surface area contributed by atoms with Gasteiger partial charge in [-0.15, -0.1) is 0 Å². The minimum absolute atomic E-state index is 0.443. The lowest BCUT2D eigenvalue weighted by molar-refractivity contribution is -0.139. The van der Waals surface area contributed by atoms with Gasteiger partial charge in [0.15, 0.2) is 0 Å². The van der Waals surface area contributed by atoms with Gasteiger partial charge in [0, 0.05) is 24.5 Å². The summed E-state index contributed by atoms with van der Waals surface area (Å²) in [5.74, 6) is 0.607. The van der Waals surface area contributed by atoms with Crippen molar-refractivity contribution in [3.8, 4) is 0 Å². The van der Waals surface area contributed by atoms with Crippen LogP contribution in [0.4, 0.5) is 5.13 Å². The summed E-state index contributed by atoms with van der Waals surface area (Å²) in [4.78, 5) is 17.8. The van der Waals surface area contributed by atoms with E-state index in [0.717, 1.165) is 43.2 Å². The lowest BCUT2D eigenvalue weighted by Crippen LogP contribution is -2.47. The summed E-state index contributed by atoms with van der Waals surface area (Å²) >= 11 is 1.33. The first-order valence-corrected chi connectivity index (χ1v) is 7.75. The second-order valence-corrected chi connectivity index (χ2v) is 5.82. The molecule has 1 aliphatic heterocycles. The first kappa shape index (κ1) is 14.2. The van der Waals surface area contributed by atoms with Gasteiger partial charge in [0.25, 0.3) is 0 Å². The van der Waals surface area contributed by atoms with Crippen LogP contribution in [0.1, 0.15) is 45.4 Å². The number of carbonyl (C=O) groups is 1. The zero-order valence-electron chi connectivity index (χ0n) is 11.5. The van der Waals surface area contributed by atoms with Gasteiger partial charge in [-0.05, 0) is 25.2 Å². The van der Waals surface area contributed by atoms with Crippen molar-refractivity contribution >= 4 is 22.6 Å². The number of aliphatic carboxylic acids is 1. The molecule has 0 aliphatic carbocycles. The molecule has 1 aliphatic rings. The maximum atomic E-state index is 11.4. The number of aromatic nitrogens is 2. The van der Waals surface area contributed by atoms with Crippen molar-refractivity contribution in [2.24, 2.45) is 5.92 Å². The van der Waals surface area contributed by atoms with Crippen LogP contribution in [0, 0.1) is 5.92 Å². The van der Waals surface area contributed by atoms with E-state index in [2.05, 4.69) is 23.2 Å². The second-order valence-electron chi connectivity index (χ2n) is 5.09. The minimum Gasteiger partial charge on any atom is -0.480 e. The molecule has 0 bridgehead atoms. The van der Waals surface area contributed by atoms with Crippen molar-refractivity contribution in [3.05, 3.63) is 5.82 Å². The van der Waals surface area contributed by atoms with Crippen LogP contribution in [0.2, 0.25) is 0 Å². The summed E-state index contributed by atoms with van der Waals surface area (Å²) < 4.78 is 4.31. The van der Waals surface area contributed by atoms with Crippen LogP contribution >= 0.6 is 11.5 Å². The zero-order valence-corrected chi connectivity index (χ0v) is 12.3. The zero-order chi connectivity index (χ0) is 13.8. The highest BCUT2D eigenvalue weighted by Crippen LogP contribution is 2.31. The van der Waals surface area contributed by atoms with E-state index in [4.69, 9.17) is 0 Å². The van der Waals surface area contributed by atoms with Gasteiger partial charge in [-0.1, -0.05) is 20.3 Å². The monoisotopic (exact) mass is 283 g/mol. The third kappa shape index (κ3) is 3.23. The molecule has 6 heteroatoms. The smallest absolute Gasteiger partial charge is 0.326 e. The molecule has 5 nitrogen and oxygen atoms in total. The molecule has 1 N–H and O–H groups in total. The number of anilines is 1. The number of hydrogen-bond donors (Lipinski definition) is 1. The predicted octanol–water partition coefficient (Wildman–Crippen LogP) is 2.57. The Morgan fingerprint density at radius 3 is 2.95 bits per heavy atom. The molecule has 1 fully saturated rings. The summed E-state index contributed by atoms with van der Waals surface area (Å²) in [6, 6.07) is -0.443. The van der Waals surface area contributed by atoms with Gasteiger partial charge < -0.3 is 10.0 Å². The molecule has 1 saturated heterocycles. The van der Waals surface area contributed by atoms with Crippen LogP contribution in [-0.2, 0) is 11.2 Å². The predicted molar refractivity (Wildman–Crippen MR) is 75.7 cm³/mol.